The average molecular weight is 414 g/mol. The summed E-state index contributed by atoms with van der Waals surface area (Å²) in [5, 5.41) is 3.02. The fourth-order valence-electron chi connectivity index (χ4n) is 3.74. The van der Waals surface area contributed by atoms with Crippen LogP contribution >= 0.6 is 0 Å². The second kappa shape index (κ2) is 9.47. The van der Waals surface area contributed by atoms with Gasteiger partial charge in [0.25, 0.3) is 5.91 Å². The van der Waals surface area contributed by atoms with Gasteiger partial charge in [-0.05, 0) is 55.3 Å². The molecule has 1 aromatic heterocycles. The Labute approximate surface area is 182 Å². The molecule has 0 unspecified atom stereocenters. The highest BCUT2D eigenvalue weighted by molar-refractivity contribution is 5.94. The summed E-state index contributed by atoms with van der Waals surface area (Å²) in [5.41, 5.74) is 5.09. The zero-order valence-corrected chi connectivity index (χ0v) is 18.0. The molecule has 0 fully saturated rings. The number of ether oxygens (including phenoxy) is 1. The van der Waals surface area contributed by atoms with Gasteiger partial charge in [-0.3, -0.25) is 4.79 Å². The number of fused-ring (bicyclic) bond motifs is 1. The molecule has 0 radical (unpaired) electrons. The molecule has 158 valence electrons. The van der Waals surface area contributed by atoms with Gasteiger partial charge in [-0.1, -0.05) is 42.0 Å². The van der Waals surface area contributed by atoms with Gasteiger partial charge >= 0.3 is 0 Å². The molecular formula is C26H27N3O2. The Hall–Kier alpha value is -3.60. The number of amides is 1. The molecule has 5 nitrogen and oxygen atoms in total. The number of aryl methyl sites for hydroxylation is 2. The van der Waals surface area contributed by atoms with Crippen molar-refractivity contribution in [2.24, 2.45) is 0 Å². The topological polar surface area (TPSA) is 56.1 Å². The number of imidazole rings is 1. The monoisotopic (exact) mass is 413 g/mol. The van der Waals surface area contributed by atoms with Crippen molar-refractivity contribution in [1.82, 2.24) is 14.9 Å². The molecule has 1 heterocycles. The van der Waals surface area contributed by atoms with Crippen LogP contribution in [-0.2, 0) is 13.0 Å². The Bertz CT molecular complexity index is 1180. The SMILES string of the molecule is COc1ccc(Cn2c(CCCNC(=O)c3cccc(C)c3)nc3ccccc32)cc1. The standard InChI is InChI=1S/C26H27N3O2/c1-19-7-5-8-21(17-19)26(30)27-16-6-11-25-28-23-9-3-4-10-24(23)29(25)18-20-12-14-22(31-2)15-13-20/h3-5,7-10,12-15,17H,6,11,16,18H2,1-2H3,(H,27,30). The molecule has 0 saturated heterocycles. The Morgan fingerprint density at radius 1 is 1.03 bits per heavy atom. The number of hydrogen-bond donors (Lipinski definition) is 1. The van der Waals surface area contributed by atoms with Crippen molar-refractivity contribution in [2.75, 3.05) is 13.7 Å². The molecule has 0 saturated carbocycles. The van der Waals surface area contributed by atoms with Gasteiger partial charge in [-0.25, -0.2) is 4.98 Å². The third-order valence-electron chi connectivity index (χ3n) is 5.38. The van der Waals surface area contributed by atoms with Gasteiger partial charge in [-0.2, -0.15) is 0 Å². The van der Waals surface area contributed by atoms with Crippen LogP contribution in [0.4, 0.5) is 0 Å². The predicted octanol–water partition coefficient (Wildman–Crippen LogP) is 4.76. The first-order valence-electron chi connectivity index (χ1n) is 10.6. The van der Waals surface area contributed by atoms with Crippen LogP contribution < -0.4 is 10.1 Å². The number of methoxy groups -OCH3 is 1. The third kappa shape index (κ3) is 4.94. The Kier molecular flexibility index (Phi) is 6.32. The predicted molar refractivity (Wildman–Crippen MR) is 124 cm³/mol. The molecule has 0 bridgehead atoms. The first-order chi connectivity index (χ1) is 15.1. The molecule has 0 spiro atoms. The lowest BCUT2D eigenvalue weighted by Crippen LogP contribution is -2.25. The largest absolute Gasteiger partial charge is 0.497 e. The van der Waals surface area contributed by atoms with Crippen LogP contribution in [0.5, 0.6) is 5.75 Å². The highest BCUT2D eigenvalue weighted by Gasteiger charge is 2.11. The zero-order chi connectivity index (χ0) is 21.6. The van der Waals surface area contributed by atoms with E-state index >= 15 is 0 Å². The molecule has 1 N–H and O–H groups in total. The van der Waals surface area contributed by atoms with E-state index in [-0.39, 0.29) is 5.91 Å². The van der Waals surface area contributed by atoms with Crippen molar-refractivity contribution in [1.29, 1.82) is 0 Å². The van der Waals surface area contributed by atoms with Gasteiger partial charge in [0.05, 0.1) is 18.1 Å². The Morgan fingerprint density at radius 2 is 1.84 bits per heavy atom. The smallest absolute Gasteiger partial charge is 0.251 e. The summed E-state index contributed by atoms with van der Waals surface area (Å²) in [5.74, 6) is 1.85. The molecule has 4 aromatic rings. The van der Waals surface area contributed by atoms with Crippen LogP contribution in [0.2, 0.25) is 0 Å². The number of benzene rings is 3. The highest BCUT2D eigenvalue weighted by Crippen LogP contribution is 2.20. The van der Waals surface area contributed by atoms with Gasteiger partial charge < -0.3 is 14.6 Å². The molecule has 5 heteroatoms. The van der Waals surface area contributed by atoms with Gasteiger partial charge in [0, 0.05) is 25.1 Å². The maximum absolute atomic E-state index is 12.4. The first kappa shape index (κ1) is 20.7. The van der Waals surface area contributed by atoms with Crippen LogP contribution in [0.25, 0.3) is 11.0 Å². The fraction of sp³-hybridized carbons (Fsp3) is 0.231. The molecule has 0 aliphatic rings. The number of hydrogen-bond acceptors (Lipinski definition) is 3. The summed E-state index contributed by atoms with van der Waals surface area (Å²) >= 11 is 0. The zero-order valence-electron chi connectivity index (χ0n) is 18.0. The van der Waals surface area contributed by atoms with Crippen LogP contribution in [0.1, 0.15) is 33.7 Å². The Balaban J connectivity index is 1.44. The molecule has 0 aliphatic carbocycles. The summed E-state index contributed by atoms with van der Waals surface area (Å²) in [6.45, 7) is 3.35. The van der Waals surface area contributed by atoms with E-state index in [9.17, 15) is 4.79 Å². The summed E-state index contributed by atoms with van der Waals surface area (Å²) in [4.78, 5) is 17.2. The number of para-hydroxylation sites is 2. The normalized spacial score (nSPS) is 10.9. The molecule has 31 heavy (non-hydrogen) atoms. The minimum atomic E-state index is -0.0320. The van der Waals surface area contributed by atoms with E-state index in [1.165, 1.54) is 5.56 Å². The summed E-state index contributed by atoms with van der Waals surface area (Å²) < 4.78 is 7.53. The molecule has 0 atom stereocenters. The van der Waals surface area contributed by atoms with Crippen LogP contribution in [-0.4, -0.2) is 29.1 Å². The van der Waals surface area contributed by atoms with E-state index in [0.29, 0.717) is 12.1 Å². The second-order valence-corrected chi connectivity index (χ2v) is 7.68. The lowest BCUT2D eigenvalue weighted by Gasteiger charge is -2.11. The molecule has 4 rings (SSSR count). The van der Waals surface area contributed by atoms with Crippen molar-refractivity contribution in [3.05, 3.63) is 95.3 Å². The van der Waals surface area contributed by atoms with Crippen LogP contribution in [0.15, 0.2) is 72.8 Å². The van der Waals surface area contributed by atoms with Crippen LogP contribution in [0.3, 0.4) is 0 Å². The number of rotatable bonds is 8. The second-order valence-electron chi connectivity index (χ2n) is 7.68. The minimum absolute atomic E-state index is 0.0320. The number of carbonyl (C=O) groups excluding carboxylic acids is 1. The van der Waals surface area contributed by atoms with Crippen molar-refractivity contribution in [3.8, 4) is 5.75 Å². The Morgan fingerprint density at radius 3 is 2.61 bits per heavy atom. The van der Waals surface area contributed by atoms with Gasteiger partial charge in [0.15, 0.2) is 0 Å². The fourth-order valence-corrected chi connectivity index (χ4v) is 3.74. The van der Waals surface area contributed by atoms with E-state index in [1.807, 2.05) is 61.5 Å². The average Bonchev–Trinajstić information content (AvgIpc) is 3.14. The van der Waals surface area contributed by atoms with E-state index in [4.69, 9.17) is 9.72 Å². The number of carbonyl (C=O) groups is 1. The highest BCUT2D eigenvalue weighted by atomic mass is 16.5. The molecule has 0 aliphatic heterocycles. The van der Waals surface area contributed by atoms with E-state index in [0.717, 1.165) is 47.6 Å². The van der Waals surface area contributed by atoms with Gasteiger partial charge in [0.2, 0.25) is 0 Å². The van der Waals surface area contributed by atoms with E-state index in [2.05, 4.69) is 28.1 Å². The molecular weight excluding hydrogens is 386 g/mol. The van der Waals surface area contributed by atoms with Gasteiger partial charge in [0.1, 0.15) is 11.6 Å². The third-order valence-corrected chi connectivity index (χ3v) is 5.38. The number of nitrogens with zero attached hydrogens (tertiary/aromatic N) is 2. The van der Waals surface area contributed by atoms with E-state index < -0.39 is 0 Å². The summed E-state index contributed by atoms with van der Waals surface area (Å²) in [6.07, 6.45) is 1.61. The van der Waals surface area contributed by atoms with Crippen molar-refractivity contribution < 1.29 is 9.53 Å². The lowest BCUT2D eigenvalue weighted by molar-refractivity contribution is 0.0953. The first-order valence-corrected chi connectivity index (χ1v) is 10.6. The van der Waals surface area contributed by atoms with Crippen molar-refractivity contribution in [3.63, 3.8) is 0 Å². The lowest BCUT2D eigenvalue weighted by atomic mass is 10.1. The maximum Gasteiger partial charge on any atom is 0.251 e. The molecule has 1 amide bonds. The van der Waals surface area contributed by atoms with Gasteiger partial charge in [-0.15, -0.1) is 0 Å². The van der Waals surface area contributed by atoms with Crippen molar-refractivity contribution >= 4 is 16.9 Å². The van der Waals surface area contributed by atoms with Crippen molar-refractivity contribution in [2.45, 2.75) is 26.3 Å². The maximum atomic E-state index is 12.4. The number of nitrogens with one attached hydrogen (secondary N) is 1. The quantitative estimate of drug-likeness (QED) is 0.424. The van der Waals surface area contributed by atoms with E-state index in [1.54, 1.807) is 7.11 Å². The summed E-state index contributed by atoms with van der Waals surface area (Å²) in [6, 6.07) is 24.0. The molecule has 3 aromatic carbocycles. The number of aromatic nitrogens is 2. The summed E-state index contributed by atoms with van der Waals surface area (Å²) in [7, 11) is 1.67. The van der Waals surface area contributed by atoms with Crippen LogP contribution in [0, 0.1) is 6.92 Å². The minimum Gasteiger partial charge on any atom is -0.497 e.